The highest BCUT2D eigenvalue weighted by molar-refractivity contribution is 5.94. The van der Waals surface area contributed by atoms with Crippen LogP contribution in [0.4, 0.5) is 11.4 Å². The average Bonchev–Trinajstić information content (AvgIpc) is 2.54. The van der Waals surface area contributed by atoms with Crippen LogP contribution < -0.4 is 5.32 Å². The standard InChI is InChI=1S/C18H18N2O2/c1-12(2)13-7-9-14(10-8-13)19-18-20-16-6-4-3-5-15(16)17(11-21)22-18/h3-12,17H,1-2H3,(H,19,20). The first-order valence-corrected chi connectivity index (χ1v) is 7.34. The Morgan fingerprint density at radius 2 is 1.86 bits per heavy atom. The summed E-state index contributed by atoms with van der Waals surface area (Å²) in [5, 5.41) is 3.12. The van der Waals surface area contributed by atoms with E-state index in [2.05, 4.69) is 36.3 Å². The smallest absolute Gasteiger partial charge is 0.295 e. The molecule has 0 spiro atoms. The molecule has 0 aromatic heterocycles. The molecule has 0 bridgehead atoms. The fraction of sp³-hybridized carbons (Fsp3) is 0.222. The highest BCUT2D eigenvalue weighted by Crippen LogP contribution is 2.31. The van der Waals surface area contributed by atoms with E-state index in [1.807, 2.05) is 36.4 Å². The number of carbonyl (C=O) groups excluding carboxylic acids is 1. The molecule has 1 aliphatic rings. The lowest BCUT2D eigenvalue weighted by molar-refractivity contribution is -0.114. The van der Waals surface area contributed by atoms with Gasteiger partial charge in [0.25, 0.3) is 6.02 Å². The summed E-state index contributed by atoms with van der Waals surface area (Å²) in [7, 11) is 0. The van der Waals surface area contributed by atoms with E-state index >= 15 is 0 Å². The van der Waals surface area contributed by atoms with Gasteiger partial charge in [0, 0.05) is 11.3 Å². The normalized spacial score (nSPS) is 16.5. The van der Waals surface area contributed by atoms with Crippen LogP contribution in [0.3, 0.4) is 0 Å². The van der Waals surface area contributed by atoms with E-state index in [0.717, 1.165) is 23.2 Å². The Hall–Kier alpha value is -2.62. The van der Waals surface area contributed by atoms with E-state index in [4.69, 9.17) is 4.74 Å². The maximum Gasteiger partial charge on any atom is 0.295 e. The number of hydrogen-bond donors (Lipinski definition) is 1. The molecule has 0 amide bonds. The summed E-state index contributed by atoms with van der Waals surface area (Å²) in [4.78, 5) is 15.7. The van der Waals surface area contributed by atoms with Crippen LogP contribution in [0, 0.1) is 0 Å². The Morgan fingerprint density at radius 3 is 2.55 bits per heavy atom. The van der Waals surface area contributed by atoms with E-state index in [0.29, 0.717) is 11.9 Å². The molecule has 4 nitrogen and oxygen atoms in total. The van der Waals surface area contributed by atoms with Crippen molar-refractivity contribution in [2.24, 2.45) is 4.99 Å². The van der Waals surface area contributed by atoms with Gasteiger partial charge in [-0.05, 0) is 29.7 Å². The van der Waals surface area contributed by atoms with Crippen molar-refractivity contribution in [3.63, 3.8) is 0 Å². The number of nitrogens with one attached hydrogen (secondary N) is 1. The fourth-order valence-electron chi connectivity index (χ4n) is 2.38. The third-order valence-corrected chi connectivity index (χ3v) is 3.66. The van der Waals surface area contributed by atoms with Crippen molar-refractivity contribution in [2.75, 3.05) is 5.32 Å². The van der Waals surface area contributed by atoms with Gasteiger partial charge in [0.1, 0.15) is 0 Å². The van der Waals surface area contributed by atoms with Crippen molar-refractivity contribution >= 4 is 23.7 Å². The number of carbonyl (C=O) groups is 1. The van der Waals surface area contributed by atoms with Gasteiger partial charge in [-0.25, -0.2) is 0 Å². The van der Waals surface area contributed by atoms with Gasteiger partial charge >= 0.3 is 0 Å². The molecule has 1 aliphatic heterocycles. The zero-order valence-electron chi connectivity index (χ0n) is 12.6. The number of ether oxygens (including phenoxy) is 1. The average molecular weight is 294 g/mol. The quantitative estimate of drug-likeness (QED) is 0.864. The number of rotatable bonds is 3. The third kappa shape index (κ3) is 2.86. The Balaban J connectivity index is 1.84. The van der Waals surface area contributed by atoms with E-state index in [1.165, 1.54) is 5.56 Å². The minimum atomic E-state index is -0.619. The van der Waals surface area contributed by atoms with Crippen molar-refractivity contribution in [3.05, 3.63) is 59.7 Å². The van der Waals surface area contributed by atoms with Crippen LogP contribution in [0.1, 0.15) is 37.0 Å². The lowest BCUT2D eigenvalue weighted by atomic mass is 10.0. The lowest BCUT2D eigenvalue weighted by Gasteiger charge is -2.22. The SMILES string of the molecule is CC(C)c1ccc(NC2=Nc3ccccc3C(C=O)O2)cc1. The van der Waals surface area contributed by atoms with E-state index < -0.39 is 6.10 Å². The summed E-state index contributed by atoms with van der Waals surface area (Å²) in [6.45, 7) is 4.31. The zero-order valence-corrected chi connectivity index (χ0v) is 12.6. The van der Waals surface area contributed by atoms with Crippen molar-refractivity contribution in [3.8, 4) is 0 Å². The minimum absolute atomic E-state index is 0.341. The van der Waals surface area contributed by atoms with Crippen LogP contribution >= 0.6 is 0 Å². The summed E-state index contributed by atoms with van der Waals surface area (Å²) in [6, 6.07) is 15.9. The van der Waals surface area contributed by atoms with Gasteiger partial charge in [-0.1, -0.05) is 44.2 Å². The van der Waals surface area contributed by atoms with Gasteiger partial charge < -0.3 is 10.1 Å². The first-order chi connectivity index (χ1) is 10.7. The van der Waals surface area contributed by atoms with E-state index in [-0.39, 0.29) is 0 Å². The lowest BCUT2D eigenvalue weighted by Crippen LogP contribution is -2.23. The second-order valence-electron chi connectivity index (χ2n) is 5.55. The number of aldehydes is 1. The van der Waals surface area contributed by atoms with Crippen LogP contribution in [0.25, 0.3) is 0 Å². The number of hydrogen-bond acceptors (Lipinski definition) is 4. The Kier molecular flexibility index (Phi) is 3.92. The molecule has 0 fully saturated rings. The molecule has 0 aliphatic carbocycles. The van der Waals surface area contributed by atoms with Crippen LogP contribution in [-0.4, -0.2) is 12.3 Å². The highest BCUT2D eigenvalue weighted by atomic mass is 16.5. The summed E-state index contributed by atoms with van der Waals surface area (Å²) in [5.74, 6) is 0.489. The molecule has 2 aromatic rings. The van der Waals surface area contributed by atoms with Crippen LogP contribution in [-0.2, 0) is 9.53 Å². The number of fused-ring (bicyclic) bond motifs is 1. The van der Waals surface area contributed by atoms with Gasteiger partial charge in [0.15, 0.2) is 12.4 Å². The van der Waals surface area contributed by atoms with Crippen molar-refractivity contribution in [1.82, 2.24) is 0 Å². The second kappa shape index (κ2) is 6.02. The molecule has 22 heavy (non-hydrogen) atoms. The van der Waals surface area contributed by atoms with Gasteiger partial charge in [0.05, 0.1) is 5.69 Å². The summed E-state index contributed by atoms with van der Waals surface area (Å²) < 4.78 is 5.61. The van der Waals surface area contributed by atoms with E-state index in [9.17, 15) is 4.79 Å². The maximum absolute atomic E-state index is 11.2. The predicted octanol–water partition coefficient (Wildman–Crippen LogP) is 4.18. The first kappa shape index (κ1) is 14.3. The van der Waals surface area contributed by atoms with Gasteiger partial charge in [-0.3, -0.25) is 4.79 Å². The molecule has 1 unspecified atom stereocenters. The molecule has 1 heterocycles. The Bertz CT molecular complexity index is 705. The molecule has 0 saturated carbocycles. The fourth-order valence-corrected chi connectivity index (χ4v) is 2.38. The minimum Gasteiger partial charge on any atom is -0.449 e. The number of amidine groups is 1. The molecule has 4 heteroatoms. The predicted molar refractivity (Wildman–Crippen MR) is 87.6 cm³/mol. The van der Waals surface area contributed by atoms with Gasteiger partial charge in [-0.15, -0.1) is 0 Å². The molecular weight excluding hydrogens is 276 g/mol. The Labute approximate surface area is 129 Å². The summed E-state index contributed by atoms with van der Waals surface area (Å²) in [5.41, 5.74) is 3.70. The van der Waals surface area contributed by atoms with Gasteiger partial charge in [0.2, 0.25) is 0 Å². The molecule has 0 radical (unpaired) electrons. The molecule has 1 atom stereocenters. The molecule has 3 rings (SSSR count). The number of benzene rings is 2. The maximum atomic E-state index is 11.2. The number of para-hydroxylation sites is 1. The summed E-state index contributed by atoms with van der Waals surface area (Å²) in [6.07, 6.45) is 0.169. The number of aliphatic imine (C=N–C) groups is 1. The molecule has 112 valence electrons. The van der Waals surface area contributed by atoms with Crippen LogP contribution in [0.5, 0.6) is 0 Å². The molecular formula is C18H18N2O2. The first-order valence-electron chi connectivity index (χ1n) is 7.34. The zero-order chi connectivity index (χ0) is 15.5. The van der Waals surface area contributed by atoms with Crippen LogP contribution in [0.15, 0.2) is 53.5 Å². The third-order valence-electron chi connectivity index (χ3n) is 3.66. The molecule has 0 saturated heterocycles. The largest absolute Gasteiger partial charge is 0.449 e. The Morgan fingerprint density at radius 1 is 1.14 bits per heavy atom. The topological polar surface area (TPSA) is 50.7 Å². The van der Waals surface area contributed by atoms with Crippen molar-refractivity contribution in [1.29, 1.82) is 0 Å². The number of nitrogens with zero attached hydrogens (tertiary/aromatic N) is 1. The van der Waals surface area contributed by atoms with Crippen LogP contribution in [0.2, 0.25) is 0 Å². The highest BCUT2D eigenvalue weighted by Gasteiger charge is 2.23. The van der Waals surface area contributed by atoms with Gasteiger partial charge in [-0.2, -0.15) is 4.99 Å². The van der Waals surface area contributed by atoms with Crippen molar-refractivity contribution < 1.29 is 9.53 Å². The van der Waals surface area contributed by atoms with E-state index in [1.54, 1.807) is 0 Å². The summed E-state index contributed by atoms with van der Waals surface area (Å²) >= 11 is 0. The monoisotopic (exact) mass is 294 g/mol. The molecule has 2 aromatic carbocycles. The number of anilines is 1. The second-order valence-corrected chi connectivity index (χ2v) is 5.55. The van der Waals surface area contributed by atoms with Crippen molar-refractivity contribution in [2.45, 2.75) is 25.9 Å². The molecule has 1 N–H and O–H groups in total.